The van der Waals surface area contributed by atoms with Gasteiger partial charge in [0.2, 0.25) is 5.28 Å². The molecule has 4 rings (SSSR count). The van der Waals surface area contributed by atoms with Gasteiger partial charge >= 0.3 is 17.9 Å². The standard InChI is InChI=1S/C21H19ClFN5O9/c22-20-26-14(24)12-15(27-20)28(7-25-12)16-11(23)13(29)10(37-16)6-36-21(18(32)33,19(34)35)5-8-1-3-9(4-2-8)17(30)31/h1-4,7,10-11,13,16,29H,5-6H2,(H,30,31)(H,32,33)(H,34,35)(H2,24,26,27)/t10-,11+,13+,16-/m1/s1. The number of carbonyl (C=O) groups is 3. The Labute approximate surface area is 211 Å². The number of benzene rings is 1. The number of nitrogens with two attached hydrogens (primary N) is 1. The maximum Gasteiger partial charge on any atom is 0.348 e. The molecule has 1 aliphatic heterocycles. The van der Waals surface area contributed by atoms with Crippen LogP contribution in [0.2, 0.25) is 5.28 Å². The Morgan fingerprint density at radius 3 is 2.41 bits per heavy atom. The van der Waals surface area contributed by atoms with Gasteiger partial charge in [0, 0.05) is 6.42 Å². The van der Waals surface area contributed by atoms with Crippen LogP contribution >= 0.6 is 11.6 Å². The molecule has 0 unspecified atom stereocenters. The number of carboxylic acid groups (broad SMARTS) is 3. The van der Waals surface area contributed by atoms with E-state index in [9.17, 15) is 29.7 Å². The van der Waals surface area contributed by atoms with Crippen LogP contribution in [0.3, 0.4) is 0 Å². The average Bonchev–Trinajstić information content (AvgIpc) is 3.37. The van der Waals surface area contributed by atoms with Crippen LogP contribution in [0.15, 0.2) is 30.6 Å². The minimum Gasteiger partial charge on any atom is -0.479 e. The summed E-state index contributed by atoms with van der Waals surface area (Å²) in [4.78, 5) is 46.8. The van der Waals surface area contributed by atoms with Crippen molar-refractivity contribution >= 4 is 46.5 Å². The van der Waals surface area contributed by atoms with Gasteiger partial charge in [-0.25, -0.2) is 23.8 Å². The van der Waals surface area contributed by atoms with E-state index in [1.165, 1.54) is 24.3 Å². The molecular weight excluding hydrogens is 521 g/mol. The second-order valence-corrected chi connectivity index (χ2v) is 8.47. The highest BCUT2D eigenvalue weighted by molar-refractivity contribution is 6.28. The number of fused-ring (bicyclic) bond motifs is 1. The van der Waals surface area contributed by atoms with Crippen molar-refractivity contribution in [2.45, 2.75) is 36.6 Å². The zero-order chi connectivity index (χ0) is 27.1. The van der Waals surface area contributed by atoms with Crippen molar-refractivity contribution in [3.05, 3.63) is 47.0 Å². The van der Waals surface area contributed by atoms with Crippen LogP contribution in [-0.2, 0) is 25.5 Å². The van der Waals surface area contributed by atoms with Crippen molar-refractivity contribution in [1.82, 2.24) is 19.5 Å². The number of hydrogen-bond acceptors (Lipinski definition) is 10. The molecule has 4 atom stereocenters. The smallest absolute Gasteiger partial charge is 0.348 e. The predicted molar refractivity (Wildman–Crippen MR) is 121 cm³/mol. The van der Waals surface area contributed by atoms with Gasteiger partial charge in [-0.2, -0.15) is 9.97 Å². The number of aliphatic carboxylic acids is 2. The van der Waals surface area contributed by atoms with Crippen molar-refractivity contribution in [2.24, 2.45) is 0 Å². The summed E-state index contributed by atoms with van der Waals surface area (Å²) in [6.45, 7) is -0.825. The normalized spacial score (nSPS) is 21.8. The van der Waals surface area contributed by atoms with Gasteiger partial charge in [0.25, 0.3) is 5.60 Å². The summed E-state index contributed by atoms with van der Waals surface area (Å²) in [5, 5.41) is 38.6. The van der Waals surface area contributed by atoms with E-state index in [1.54, 1.807) is 0 Å². The number of aliphatic hydroxyl groups excluding tert-OH is 1. The van der Waals surface area contributed by atoms with Gasteiger partial charge < -0.3 is 35.6 Å². The zero-order valence-electron chi connectivity index (χ0n) is 18.6. The molecule has 0 radical (unpaired) electrons. The van der Waals surface area contributed by atoms with E-state index in [1.807, 2.05) is 0 Å². The molecule has 0 spiro atoms. The summed E-state index contributed by atoms with van der Waals surface area (Å²) in [5.41, 5.74) is 3.04. The molecule has 37 heavy (non-hydrogen) atoms. The van der Waals surface area contributed by atoms with Crippen LogP contribution in [0.5, 0.6) is 0 Å². The van der Waals surface area contributed by atoms with Crippen molar-refractivity contribution in [3.63, 3.8) is 0 Å². The van der Waals surface area contributed by atoms with E-state index in [0.29, 0.717) is 0 Å². The number of imidazole rings is 1. The van der Waals surface area contributed by atoms with E-state index in [-0.39, 0.29) is 33.4 Å². The van der Waals surface area contributed by atoms with E-state index >= 15 is 4.39 Å². The molecule has 0 aliphatic carbocycles. The summed E-state index contributed by atoms with van der Waals surface area (Å²) in [6, 6.07) is 4.83. The van der Waals surface area contributed by atoms with E-state index < -0.39 is 61.1 Å². The fourth-order valence-electron chi connectivity index (χ4n) is 3.86. The van der Waals surface area contributed by atoms with Crippen molar-refractivity contribution in [1.29, 1.82) is 0 Å². The molecule has 3 aromatic rings. The van der Waals surface area contributed by atoms with Crippen molar-refractivity contribution < 1.29 is 48.7 Å². The molecule has 0 amide bonds. The number of alkyl halides is 1. The van der Waals surface area contributed by atoms with Gasteiger partial charge in [-0.3, -0.25) is 4.57 Å². The number of aromatic nitrogens is 4. The fourth-order valence-corrected chi connectivity index (χ4v) is 4.03. The quantitative estimate of drug-likeness (QED) is 0.185. The molecule has 14 nitrogen and oxygen atoms in total. The van der Waals surface area contributed by atoms with E-state index in [0.717, 1.165) is 10.9 Å². The van der Waals surface area contributed by atoms with Crippen LogP contribution in [0.1, 0.15) is 22.1 Å². The molecule has 1 aromatic carbocycles. The van der Waals surface area contributed by atoms with E-state index in [4.69, 9.17) is 31.9 Å². The topological polar surface area (TPSA) is 220 Å². The summed E-state index contributed by atoms with van der Waals surface area (Å²) in [6.07, 6.45) is -6.48. The maximum absolute atomic E-state index is 15.0. The highest BCUT2D eigenvalue weighted by Crippen LogP contribution is 2.35. The number of nitrogen functional groups attached to an aromatic ring is 1. The molecule has 1 saturated heterocycles. The SMILES string of the molecule is Nc1nc(Cl)nc2c1ncn2[C@@H]1O[C@H](COC(Cc2ccc(C(=O)O)cc2)(C(=O)O)C(=O)O)[C@H](O)[C@@H]1F. The van der Waals surface area contributed by atoms with Crippen LogP contribution in [0, 0.1) is 0 Å². The second-order valence-electron chi connectivity index (χ2n) is 8.13. The highest BCUT2D eigenvalue weighted by Gasteiger charge is 2.52. The number of halogens is 2. The summed E-state index contributed by atoms with van der Waals surface area (Å²) >= 11 is 5.82. The molecular formula is C21H19ClFN5O9. The third kappa shape index (κ3) is 4.76. The largest absolute Gasteiger partial charge is 0.479 e. The van der Waals surface area contributed by atoms with Gasteiger partial charge in [0.1, 0.15) is 17.7 Å². The van der Waals surface area contributed by atoms with Gasteiger partial charge in [-0.05, 0) is 29.3 Å². The first-order valence-electron chi connectivity index (χ1n) is 10.5. The third-order valence-electron chi connectivity index (χ3n) is 5.83. The molecule has 0 saturated carbocycles. The molecule has 196 valence electrons. The minimum atomic E-state index is -2.85. The number of nitrogens with zero attached hydrogens (tertiary/aromatic N) is 4. The molecule has 2 aromatic heterocycles. The third-order valence-corrected chi connectivity index (χ3v) is 6.00. The number of ether oxygens (including phenoxy) is 2. The summed E-state index contributed by atoms with van der Waals surface area (Å²) < 4.78 is 27.0. The Hall–Kier alpha value is -3.92. The number of hydrogen-bond donors (Lipinski definition) is 5. The number of rotatable bonds is 9. The molecule has 1 aliphatic rings. The van der Waals surface area contributed by atoms with Crippen LogP contribution < -0.4 is 5.73 Å². The summed E-state index contributed by atoms with van der Waals surface area (Å²) in [5.74, 6) is -5.04. The van der Waals surface area contributed by atoms with E-state index in [2.05, 4.69) is 15.0 Å². The summed E-state index contributed by atoms with van der Waals surface area (Å²) in [7, 11) is 0. The lowest BCUT2D eigenvalue weighted by Gasteiger charge is -2.27. The van der Waals surface area contributed by atoms with Gasteiger partial charge in [-0.15, -0.1) is 0 Å². The minimum absolute atomic E-state index is 0.00847. The van der Waals surface area contributed by atoms with Crippen LogP contribution in [0.25, 0.3) is 11.2 Å². The molecule has 6 N–H and O–H groups in total. The number of aliphatic hydroxyl groups is 1. The highest BCUT2D eigenvalue weighted by atomic mass is 35.5. The lowest BCUT2D eigenvalue weighted by atomic mass is 9.93. The molecule has 16 heteroatoms. The first kappa shape index (κ1) is 26.2. The second kappa shape index (κ2) is 9.85. The Bertz CT molecular complexity index is 1350. The van der Waals surface area contributed by atoms with Gasteiger partial charge in [0.05, 0.1) is 18.5 Å². The lowest BCUT2D eigenvalue weighted by molar-refractivity contribution is -0.190. The number of carboxylic acids is 3. The number of aromatic carboxylic acids is 1. The van der Waals surface area contributed by atoms with Crippen molar-refractivity contribution in [2.75, 3.05) is 12.3 Å². The molecule has 1 fully saturated rings. The zero-order valence-corrected chi connectivity index (χ0v) is 19.3. The monoisotopic (exact) mass is 539 g/mol. The lowest BCUT2D eigenvalue weighted by Crippen LogP contribution is -2.52. The van der Waals surface area contributed by atoms with Gasteiger partial charge in [-0.1, -0.05) is 12.1 Å². The Kier molecular flexibility index (Phi) is 6.96. The van der Waals surface area contributed by atoms with Crippen LogP contribution in [0.4, 0.5) is 10.2 Å². The first-order chi connectivity index (χ1) is 17.4. The Balaban J connectivity index is 1.56. The molecule has 0 bridgehead atoms. The Morgan fingerprint density at radius 2 is 1.81 bits per heavy atom. The predicted octanol–water partition coefficient (Wildman–Crippen LogP) is 0.524. The fraction of sp³-hybridized carbons (Fsp3) is 0.333. The average molecular weight is 540 g/mol. The van der Waals surface area contributed by atoms with Crippen molar-refractivity contribution in [3.8, 4) is 0 Å². The molecule has 3 heterocycles. The first-order valence-corrected chi connectivity index (χ1v) is 10.9. The number of anilines is 1. The van der Waals surface area contributed by atoms with Gasteiger partial charge in [0.15, 0.2) is 23.9 Å². The maximum atomic E-state index is 15.0. The Morgan fingerprint density at radius 1 is 1.16 bits per heavy atom. The van der Waals surface area contributed by atoms with Crippen LogP contribution in [-0.4, -0.2) is 88.4 Å².